The summed E-state index contributed by atoms with van der Waals surface area (Å²) in [7, 11) is 0. The van der Waals surface area contributed by atoms with Crippen molar-refractivity contribution < 1.29 is 4.79 Å². The molecule has 58 valence electrons. The Labute approximate surface area is 66.6 Å². The number of rotatable bonds is 2. The summed E-state index contributed by atoms with van der Waals surface area (Å²) in [6, 6.07) is 5.72. The van der Waals surface area contributed by atoms with Crippen LogP contribution in [0.3, 0.4) is 0 Å². The van der Waals surface area contributed by atoms with Gasteiger partial charge in [-0.25, -0.2) is 0 Å². The molecule has 0 aliphatic carbocycles. The molecule has 0 aliphatic heterocycles. The molecule has 0 atom stereocenters. The third-order valence-corrected chi connectivity index (χ3v) is 0.829. The van der Waals surface area contributed by atoms with E-state index in [2.05, 4.69) is 11.6 Å². The SMILES string of the molecule is C=CCC=O.c1ccncc1. The van der Waals surface area contributed by atoms with Gasteiger partial charge in [0.25, 0.3) is 0 Å². The van der Waals surface area contributed by atoms with Gasteiger partial charge >= 0.3 is 0 Å². The first kappa shape index (κ1) is 9.56. The first-order valence-corrected chi connectivity index (χ1v) is 3.31. The highest BCUT2D eigenvalue weighted by Gasteiger charge is 1.59. The van der Waals surface area contributed by atoms with Crippen LogP contribution in [0.4, 0.5) is 0 Å². The normalized spacial score (nSPS) is 7.27. The monoisotopic (exact) mass is 149 g/mol. The van der Waals surface area contributed by atoms with Gasteiger partial charge in [-0.05, 0) is 12.1 Å². The van der Waals surface area contributed by atoms with E-state index in [0.717, 1.165) is 6.29 Å². The lowest BCUT2D eigenvalue weighted by Crippen LogP contribution is -1.59. The molecule has 0 bridgehead atoms. The van der Waals surface area contributed by atoms with E-state index in [1.165, 1.54) is 0 Å². The lowest BCUT2D eigenvalue weighted by molar-refractivity contribution is -0.107. The van der Waals surface area contributed by atoms with E-state index < -0.39 is 0 Å². The van der Waals surface area contributed by atoms with E-state index in [0.29, 0.717) is 6.42 Å². The molecule has 1 heterocycles. The summed E-state index contributed by atoms with van der Waals surface area (Å²) in [5.41, 5.74) is 0. The summed E-state index contributed by atoms with van der Waals surface area (Å²) in [6.07, 6.45) is 6.35. The highest BCUT2D eigenvalue weighted by Crippen LogP contribution is 1.73. The Hall–Kier alpha value is -1.44. The van der Waals surface area contributed by atoms with Gasteiger partial charge in [0, 0.05) is 18.8 Å². The van der Waals surface area contributed by atoms with Gasteiger partial charge in [-0.1, -0.05) is 12.1 Å². The number of allylic oxidation sites excluding steroid dienone is 1. The van der Waals surface area contributed by atoms with E-state index in [1.54, 1.807) is 18.5 Å². The van der Waals surface area contributed by atoms with Gasteiger partial charge in [-0.3, -0.25) is 4.98 Å². The standard InChI is InChI=1S/C5H5N.C4H6O/c1-2-4-6-5-3-1;1-2-3-4-5/h1-5H;2,4H,1,3H2. The van der Waals surface area contributed by atoms with Crippen LogP contribution < -0.4 is 0 Å². The zero-order valence-electron chi connectivity index (χ0n) is 6.31. The first-order valence-electron chi connectivity index (χ1n) is 3.31. The van der Waals surface area contributed by atoms with Gasteiger partial charge in [-0.2, -0.15) is 0 Å². The fraction of sp³-hybridized carbons (Fsp3) is 0.111. The topological polar surface area (TPSA) is 30.0 Å². The van der Waals surface area contributed by atoms with Crippen LogP contribution in [0.5, 0.6) is 0 Å². The number of aldehydes is 1. The predicted octanol–water partition coefficient (Wildman–Crippen LogP) is 1.84. The smallest absolute Gasteiger partial charge is 0.123 e. The Bertz CT molecular complexity index is 151. The van der Waals surface area contributed by atoms with Crippen molar-refractivity contribution in [2.24, 2.45) is 0 Å². The molecule has 0 aliphatic rings. The minimum Gasteiger partial charge on any atom is -0.303 e. The molecule has 1 aromatic rings. The summed E-state index contributed by atoms with van der Waals surface area (Å²) in [4.78, 5) is 13.1. The van der Waals surface area contributed by atoms with Crippen LogP contribution in [-0.2, 0) is 4.79 Å². The fourth-order valence-corrected chi connectivity index (χ4v) is 0.381. The molecule has 2 nitrogen and oxygen atoms in total. The molecule has 0 amide bonds. The largest absolute Gasteiger partial charge is 0.303 e. The van der Waals surface area contributed by atoms with Crippen molar-refractivity contribution in [3.05, 3.63) is 43.2 Å². The van der Waals surface area contributed by atoms with E-state index in [1.807, 2.05) is 18.2 Å². The molecule has 1 rings (SSSR count). The van der Waals surface area contributed by atoms with Gasteiger partial charge < -0.3 is 4.79 Å². The van der Waals surface area contributed by atoms with Crippen molar-refractivity contribution in [3.63, 3.8) is 0 Å². The highest BCUT2D eigenvalue weighted by atomic mass is 16.1. The summed E-state index contributed by atoms with van der Waals surface area (Å²) in [6.45, 7) is 3.32. The molecule has 0 saturated carbocycles. The second-order valence-electron chi connectivity index (χ2n) is 1.72. The van der Waals surface area contributed by atoms with Crippen molar-refractivity contribution in [1.29, 1.82) is 0 Å². The number of hydrogen-bond donors (Lipinski definition) is 0. The maximum absolute atomic E-state index is 9.33. The third-order valence-electron chi connectivity index (χ3n) is 0.829. The Kier molecular flexibility index (Phi) is 7.44. The van der Waals surface area contributed by atoms with Crippen LogP contribution in [0, 0.1) is 0 Å². The van der Waals surface area contributed by atoms with Crippen molar-refractivity contribution in [1.82, 2.24) is 4.98 Å². The molecule has 0 N–H and O–H groups in total. The van der Waals surface area contributed by atoms with Crippen molar-refractivity contribution in [2.45, 2.75) is 6.42 Å². The van der Waals surface area contributed by atoms with Crippen LogP contribution in [-0.4, -0.2) is 11.3 Å². The van der Waals surface area contributed by atoms with Gasteiger partial charge in [0.1, 0.15) is 6.29 Å². The van der Waals surface area contributed by atoms with Crippen LogP contribution in [0.25, 0.3) is 0 Å². The Morgan fingerprint density at radius 2 is 1.91 bits per heavy atom. The van der Waals surface area contributed by atoms with E-state index in [-0.39, 0.29) is 0 Å². The summed E-state index contributed by atoms with van der Waals surface area (Å²) < 4.78 is 0. The van der Waals surface area contributed by atoms with Crippen LogP contribution in [0.1, 0.15) is 6.42 Å². The van der Waals surface area contributed by atoms with Crippen LogP contribution in [0.15, 0.2) is 43.2 Å². The zero-order chi connectivity index (χ0) is 8.36. The maximum Gasteiger partial charge on any atom is 0.123 e. The molecule has 0 aromatic carbocycles. The molecule has 0 saturated heterocycles. The minimum absolute atomic E-state index is 0.472. The van der Waals surface area contributed by atoms with Gasteiger partial charge in [0.15, 0.2) is 0 Å². The molecule has 0 spiro atoms. The quantitative estimate of drug-likeness (QED) is 0.474. The summed E-state index contributed by atoms with van der Waals surface area (Å²) in [5.74, 6) is 0. The number of hydrogen-bond acceptors (Lipinski definition) is 2. The summed E-state index contributed by atoms with van der Waals surface area (Å²) >= 11 is 0. The Morgan fingerprint density at radius 3 is 2.00 bits per heavy atom. The summed E-state index contributed by atoms with van der Waals surface area (Å²) in [5, 5.41) is 0. The number of pyridine rings is 1. The highest BCUT2D eigenvalue weighted by molar-refractivity contribution is 5.51. The van der Waals surface area contributed by atoms with Crippen molar-refractivity contribution >= 4 is 6.29 Å². The molecule has 0 fully saturated rings. The molecule has 11 heavy (non-hydrogen) atoms. The third kappa shape index (κ3) is 8.56. The van der Waals surface area contributed by atoms with E-state index >= 15 is 0 Å². The number of carbonyl (C=O) groups excluding carboxylic acids is 1. The first-order chi connectivity index (χ1) is 5.41. The Morgan fingerprint density at radius 1 is 1.27 bits per heavy atom. The average molecular weight is 149 g/mol. The zero-order valence-corrected chi connectivity index (χ0v) is 6.31. The number of carbonyl (C=O) groups is 1. The van der Waals surface area contributed by atoms with Crippen LogP contribution in [0.2, 0.25) is 0 Å². The molecule has 0 unspecified atom stereocenters. The van der Waals surface area contributed by atoms with E-state index in [9.17, 15) is 4.79 Å². The predicted molar refractivity (Wildman–Crippen MR) is 45.1 cm³/mol. The lowest BCUT2D eigenvalue weighted by Gasteiger charge is -1.70. The second kappa shape index (κ2) is 8.56. The van der Waals surface area contributed by atoms with E-state index in [4.69, 9.17) is 0 Å². The maximum atomic E-state index is 9.33. The fourth-order valence-electron chi connectivity index (χ4n) is 0.381. The molecule has 1 aromatic heterocycles. The Balaban J connectivity index is 0.000000187. The van der Waals surface area contributed by atoms with Gasteiger partial charge in [0.2, 0.25) is 0 Å². The van der Waals surface area contributed by atoms with Crippen LogP contribution >= 0.6 is 0 Å². The molecule has 2 heteroatoms. The minimum atomic E-state index is 0.472. The van der Waals surface area contributed by atoms with Crippen molar-refractivity contribution in [3.8, 4) is 0 Å². The number of aromatic nitrogens is 1. The average Bonchev–Trinajstić information content (AvgIpc) is 2.10. The second-order valence-corrected chi connectivity index (χ2v) is 1.72. The lowest BCUT2D eigenvalue weighted by atomic mass is 10.5. The molecule has 0 radical (unpaired) electrons. The van der Waals surface area contributed by atoms with Gasteiger partial charge in [-0.15, -0.1) is 6.58 Å². The molecular weight excluding hydrogens is 138 g/mol. The number of nitrogens with zero attached hydrogens (tertiary/aromatic N) is 1. The van der Waals surface area contributed by atoms with Gasteiger partial charge in [0.05, 0.1) is 0 Å². The molecular formula is C9H11NO. The van der Waals surface area contributed by atoms with Crippen molar-refractivity contribution in [2.75, 3.05) is 0 Å².